The molecule has 0 radical (unpaired) electrons. The fourth-order valence-corrected chi connectivity index (χ4v) is 1.59. The molecule has 0 aliphatic heterocycles. The normalized spacial score (nSPS) is 11.2. The summed E-state index contributed by atoms with van der Waals surface area (Å²) in [5, 5.41) is 3.27. The molecule has 1 heterocycles. The number of nitrogens with zero attached hydrogens (tertiary/aromatic N) is 3. The van der Waals surface area contributed by atoms with Gasteiger partial charge >= 0.3 is 0 Å². The van der Waals surface area contributed by atoms with E-state index in [1.165, 1.54) is 0 Å². The van der Waals surface area contributed by atoms with Crippen molar-refractivity contribution < 1.29 is 0 Å². The zero-order chi connectivity index (χ0) is 12.8. The van der Waals surface area contributed by atoms with E-state index in [2.05, 4.69) is 41.1 Å². The Morgan fingerprint density at radius 3 is 2.35 bits per heavy atom. The van der Waals surface area contributed by atoms with Gasteiger partial charge in [0.05, 0.1) is 0 Å². The molecule has 1 N–H and O–H groups in total. The number of aryl methyl sites for hydroxylation is 2. The topological polar surface area (TPSA) is 41.1 Å². The predicted octanol–water partition coefficient (Wildman–Crippen LogP) is 2.24. The smallest absolute Gasteiger partial charge is 0.223 e. The molecular weight excluding hydrogens is 212 g/mol. The summed E-state index contributed by atoms with van der Waals surface area (Å²) < 4.78 is 0. The van der Waals surface area contributed by atoms with Crippen molar-refractivity contribution in [2.45, 2.75) is 40.2 Å². The molecule has 96 valence electrons. The second-order valence-corrected chi connectivity index (χ2v) is 4.83. The van der Waals surface area contributed by atoms with Crippen LogP contribution >= 0.6 is 0 Å². The summed E-state index contributed by atoms with van der Waals surface area (Å²) in [4.78, 5) is 11.0. The molecule has 1 aromatic rings. The lowest BCUT2D eigenvalue weighted by molar-refractivity contribution is 0.273. The summed E-state index contributed by atoms with van der Waals surface area (Å²) in [7, 11) is 2.15. The standard InChI is InChI=1S/C13H24N4/c1-10(2)17(5)8-6-7-14-13-15-11(3)9-12(4)16-13/h9-10H,6-8H2,1-5H3,(H,14,15,16). The first-order valence-electron chi connectivity index (χ1n) is 6.25. The SMILES string of the molecule is Cc1cc(C)nc(NCCCN(C)C(C)C)n1. The molecule has 0 atom stereocenters. The van der Waals surface area contributed by atoms with E-state index in [1.54, 1.807) is 0 Å². The van der Waals surface area contributed by atoms with Crippen LogP contribution in [0.3, 0.4) is 0 Å². The van der Waals surface area contributed by atoms with Crippen LogP contribution in [0.5, 0.6) is 0 Å². The lowest BCUT2D eigenvalue weighted by atomic mass is 10.3. The van der Waals surface area contributed by atoms with Crippen molar-refractivity contribution in [3.63, 3.8) is 0 Å². The Kier molecular flexibility index (Phi) is 5.35. The van der Waals surface area contributed by atoms with E-state index in [4.69, 9.17) is 0 Å². The fourth-order valence-electron chi connectivity index (χ4n) is 1.59. The Bertz CT molecular complexity index is 329. The van der Waals surface area contributed by atoms with E-state index in [0.717, 1.165) is 36.8 Å². The van der Waals surface area contributed by atoms with Crippen molar-refractivity contribution in [1.82, 2.24) is 14.9 Å². The molecule has 0 aliphatic carbocycles. The van der Waals surface area contributed by atoms with Gasteiger partial charge in [0.25, 0.3) is 0 Å². The molecule has 0 amide bonds. The lowest BCUT2D eigenvalue weighted by Crippen LogP contribution is -2.28. The van der Waals surface area contributed by atoms with Crippen molar-refractivity contribution in [2.75, 3.05) is 25.5 Å². The monoisotopic (exact) mass is 236 g/mol. The van der Waals surface area contributed by atoms with Crippen LogP contribution in [0.1, 0.15) is 31.7 Å². The molecule has 1 rings (SSSR count). The number of nitrogens with one attached hydrogen (secondary N) is 1. The number of hydrogen-bond acceptors (Lipinski definition) is 4. The average Bonchev–Trinajstić information content (AvgIpc) is 2.22. The van der Waals surface area contributed by atoms with Crippen LogP contribution in [0.2, 0.25) is 0 Å². The molecule has 0 unspecified atom stereocenters. The van der Waals surface area contributed by atoms with Crippen molar-refractivity contribution in [3.8, 4) is 0 Å². The first-order chi connectivity index (χ1) is 7.99. The molecule has 4 nitrogen and oxygen atoms in total. The lowest BCUT2D eigenvalue weighted by Gasteiger charge is -2.20. The highest BCUT2D eigenvalue weighted by atomic mass is 15.1. The van der Waals surface area contributed by atoms with E-state index in [9.17, 15) is 0 Å². The number of rotatable bonds is 6. The number of anilines is 1. The molecule has 0 saturated carbocycles. The minimum absolute atomic E-state index is 0.604. The van der Waals surface area contributed by atoms with Crippen LogP contribution in [0.15, 0.2) is 6.07 Å². The molecule has 1 aromatic heterocycles. The maximum atomic E-state index is 4.35. The van der Waals surface area contributed by atoms with E-state index in [0.29, 0.717) is 6.04 Å². The zero-order valence-electron chi connectivity index (χ0n) is 11.6. The first kappa shape index (κ1) is 13.9. The summed E-state index contributed by atoms with van der Waals surface area (Å²) in [5.74, 6) is 0.745. The van der Waals surface area contributed by atoms with E-state index in [-0.39, 0.29) is 0 Å². The van der Waals surface area contributed by atoms with Crippen molar-refractivity contribution >= 4 is 5.95 Å². The number of aromatic nitrogens is 2. The zero-order valence-corrected chi connectivity index (χ0v) is 11.6. The first-order valence-corrected chi connectivity index (χ1v) is 6.25. The molecule has 0 spiro atoms. The molecule has 17 heavy (non-hydrogen) atoms. The molecule has 4 heteroatoms. The van der Waals surface area contributed by atoms with Gasteiger partial charge in [-0.05, 0) is 53.8 Å². The van der Waals surface area contributed by atoms with Crippen LogP contribution in [0.4, 0.5) is 5.95 Å². The van der Waals surface area contributed by atoms with Gasteiger partial charge in [0.1, 0.15) is 0 Å². The summed E-state index contributed by atoms with van der Waals surface area (Å²) in [6, 6.07) is 2.59. The average molecular weight is 236 g/mol. The van der Waals surface area contributed by atoms with Gasteiger partial charge in [-0.2, -0.15) is 0 Å². The summed E-state index contributed by atoms with van der Waals surface area (Å²) >= 11 is 0. The molecular formula is C13H24N4. The Morgan fingerprint density at radius 2 is 1.82 bits per heavy atom. The van der Waals surface area contributed by atoms with Crippen LogP contribution in [-0.4, -0.2) is 41.0 Å². The summed E-state index contributed by atoms with van der Waals surface area (Å²) in [6.45, 7) is 10.4. The van der Waals surface area contributed by atoms with Gasteiger partial charge < -0.3 is 10.2 Å². The molecule has 0 aliphatic rings. The van der Waals surface area contributed by atoms with Gasteiger partial charge in [-0.3, -0.25) is 0 Å². The highest BCUT2D eigenvalue weighted by molar-refractivity contribution is 5.27. The second-order valence-electron chi connectivity index (χ2n) is 4.83. The van der Waals surface area contributed by atoms with Crippen LogP contribution in [-0.2, 0) is 0 Å². The molecule has 0 aromatic carbocycles. The Morgan fingerprint density at radius 1 is 1.24 bits per heavy atom. The van der Waals surface area contributed by atoms with Gasteiger partial charge in [0, 0.05) is 24.0 Å². The van der Waals surface area contributed by atoms with Crippen molar-refractivity contribution in [3.05, 3.63) is 17.5 Å². The summed E-state index contributed by atoms with van der Waals surface area (Å²) in [6.07, 6.45) is 1.10. The molecule has 0 saturated heterocycles. The maximum absolute atomic E-state index is 4.35. The Labute approximate surface area is 104 Å². The largest absolute Gasteiger partial charge is 0.354 e. The fraction of sp³-hybridized carbons (Fsp3) is 0.692. The van der Waals surface area contributed by atoms with E-state index < -0.39 is 0 Å². The van der Waals surface area contributed by atoms with Gasteiger partial charge in [-0.15, -0.1) is 0 Å². The van der Waals surface area contributed by atoms with Gasteiger partial charge in [0.15, 0.2) is 0 Å². The third kappa shape index (κ3) is 5.13. The van der Waals surface area contributed by atoms with Crippen molar-refractivity contribution in [1.29, 1.82) is 0 Å². The number of hydrogen-bond donors (Lipinski definition) is 1. The van der Waals surface area contributed by atoms with E-state index in [1.807, 2.05) is 19.9 Å². The Hall–Kier alpha value is -1.16. The van der Waals surface area contributed by atoms with Crippen LogP contribution < -0.4 is 5.32 Å². The third-order valence-electron chi connectivity index (χ3n) is 2.83. The van der Waals surface area contributed by atoms with Crippen LogP contribution in [0, 0.1) is 13.8 Å². The minimum atomic E-state index is 0.604. The third-order valence-corrected chi connectivity index (χ3v) is 2.83. The van der Waals surface area contributed by atoms with Gasteiger partial charge in [-0.1, -0.05) is 0 Å². The Balaban J connectivity index is 2.31. The predicted molar refractivity (Wildman–Crippen MR) is 72.4 cm³/mol. The highest BCUT2D eigenvalue weighted by Gasteiger charge is 2.02. The van der Waals surface area contributed by atoms with Crippen LogP contribution in [0.25, 0.3) is 0 Å². The maximum Gasteiger partial charge on any atom is 0.223 e. The molecule has 0 bridgehead atoms. The van der Waals surface area contributed by atoms with Gasteiger partial charge in [-0.25, -0.2) is 9.97 Å². The summed E-state index contributed by atoms with van der Waals surface area (Å²) in [5.41, 5.74) is 2.03. The van der Waals surface area contributed by atoms with Gasteiger partial charge in [0.2, 0.25) is 5.95 Å². The second kappa shape index (κ2) is 6.55. The van der Waals surface area contributed by atoms with Crippen molar-refractivity contribution in [2.24, 2.45) is 0 Å². The van der Waals surface area contributed by atoms with E-state index >= 15 is 0 Å². The molecule has 0 fully saturated rings. The minimum Gasteiger partial charge on any atom is -0.354 e. The highest BCUT2D eigenvalue weighted by Crippen LogP contribution is 2.03. The quantitative estimate of drug-likeness (QED) is 0.769.